The molecule has 1 fully saturated rings. The van der Waals surface area contributed by atoms with Gasteiger partial charge >= 0.3 is 0 Å². The highest BCUT2D eigenvalue weighted by molar-refractivity contribution is 4.59. The molecule has 1 rings (SSSR count). The van der Waals surface area contributed by atoms with E-state index in [0.29, 0.717) is 6.61 Å². The fourth-order valence-electron chi connectivity index (χ4n) is 0.878. The Morgan fingerprint density at radius 1 is 1.67 bits per heavy atom. The topological polar surface area (TPSA) is 38.7 Å². The van der Waals surface area contributed by atoms with Crippen LogP contribution in [0.15, 0.2) is 0 Å². The average molecular weight is 132 g/mol. The second kappa shape index (κ2) is 3.15. The lowest BCUT2D eigenvalue weighted by Gasteiger charge is -2.26. The van der Waals surface area contributed by atoms with Gasteiger partial charge in [-0.15, -0.1) is 0 Å². The Hall–Kier alpha value is -0.120. The van der Waals surface area contributed by atoms with Gasteiger partial charge in [0.25, 0.3) is 0 Å². The van der Waals surface area contributed by atoms with Crippen molar-refractivity contribution >= 4 is 0 Å². The van der Waals surface area contributed by atoms with E-state index < -0.39 is 0 Å². The number of hydrogen-bond donors (Lipinski definition) is 1. The van der Waals surface area contributed by atoms with Crippen LogP contribution in [0.25, 0.3) is 0 Å². The molecule has 0 aliphatic carbocycles. The third-order valence-electron chi connectivity index (χ3n) is 1.38. The molecule has 2 atom stereocenters. The van der Waals surface area contributed by atoms with E-state index in [1.165, 1.54) is 0 Å². The van der Waals surface area contributed by atoms with Crippen LogP contribution in [0.2, 0.25) is 0 Å². The maximum atomic E-state index is 8.63. The number of aliphatic hydroxyl groups excluding tert-OH is 1. The number of aliphatic hydroxyl groups is 1. The molecule has 0 saturated carbocycles. The van der Waals surface area contributed by atoms with Crippen LogP contribution in [-0.4, -0.2) is 30.7 Å². The van der Waals surface area contributed by atoms with Crippen molar-refractivity contribution in [1.29, 1.82) is 0 Å². The third kappa shape index (κ3) is 1.93. The van der Waals surface area contributed by atoms with E-state index >= 15 is 0 Å². The first-order chi connectivity index (χ1) is 4.33. The van der Waals surface area contributed by atoms with Crippen molar-refractivity contribution in [2.24, 2.45) is 0 Å². The highest BCUT2D eigenvalue weighted by Gasteiger charge is 2.17. The minimum Gasteiger partial charge on any atom is -0.394 e. The van der Waals surface area contributed by atoms with Gasteiger partial charge in [0.05, 0.1) is 19.3 Å². The molecule has 1 N–H and O–H groups in total. The van der Waals surface area contributed by atoms with Crippen LogP contribution < -0.4 is 0 Å². The van der Waals surface area contributed by atoms with Gasteiger partial charge in [-0.05, 0) is 13.3 Å². The molecule has 3 nitrogen and oxygen atoms in total. The molecule has 0 aromatic carbocycles. The minimum absolute atomic E-state index is 0.00579. The lowest BCUT2D eigenvalue weighted by atomic mass is 10.2. The lowest BCUT2D eigenvalue weighted by molar-refractivity contribution is -0.209. The van der Waals surface area contributed by atoms with Gasteiger partial charge in [0, 0.05) is 0 Å². The van der Waals surface area contributed by atoms with Gasteiger partial charge in [0.15, 0.2) is 6.29 Å². The first-order valence-electron chi connectivity index (χ1n) is 3.21. The monoisotopic (exact) mass is 132 g/mol. The van der Waals surface area contributed by atoms with Crippen molar-refractivity contribution in [3.05, 3.63) is 0 Å². The molecule has 0 spiro atoms. The van der Waals surface area contributed by atoms with E-state index in [0.717, 1.165) is 6.42 Å². The molecule has 0 aromatic heterocycles. The molecular weight excluding hydrogens is 120 g/mol. The van der Waals surface area contributed by atoms with Gasteiger partial charge in [-0.1, -0.05) is 0 Å². The molecule has 0 bridgehead atoms. The summed E-state index contributed by atoms with van der Waals surface area (Å²) >= 11 is 0. The van der Waals surface area contributed by atoms with Crippen LogP contribution in [0, 0.1) is 0 Å². The normalized spacial score (nSPS) is 36.7. The van der Waals surface area contributed by atoms with Gasteiger partial charge in [-0.25, -0.2) is 0 Å². The van der Waals surface area contributed by atoms with E-state index in [1.54, 1.807) is 0 Å². The summed E-state index contributed by atoms with van der Waals surface area (Å²) in [6.07, 6.45) is 0.658. The Kier molecular flexibility index (Phi) is 2.45. The summed E-state index contributed by atoms with van der Waals surface area (Å²) in [5.41, 5.74) is 0. The van der Waals surface area contributed by atoms with Gasteiger partial charge in [-0.2, -0.15) is 0 Å². The summed E-state index contributed by atoms with van der Waals surface area (Å²) in [6, 6.07) is 0. The first kappa shape index (κ1) is 6.99. The second-order valence-electron chi connectivity index (χ2n) is 2.17. The number of hydrogen-bond acceptors (Lipinski definition) is 3. The van der Waals surface area contributed by atoms with Crippen LogP contribution in [0.5, 0.6) is 0 Å². The highest BCUT2D eigenvalue weighted by Crippen LogP contribution is 2.10. The molecule has 3 heteroatoms. The van der Waals surface area contributed by atoms with Gasteiger partial charge < -0.3 is 14.6 Å². The van der Waals surface area contributed by atoms with Crippen molar-refractivity contribution in [3.63, 3.8) is 0 Å². The van der Waals surface area contributed by atoms with Crippen LogP contribution >= 0.6 is 0 Å². The molecule has 0 radical (unpaired) electrons. The fraction of sp³-hybridized carbons (Fsp3) is 1.00. The van der Waals surface area contributed by atoms with Crippen molar-refractivity contribution < 1.29 is 14.6 Å². The zero-order chi connectivity index (χ0) is 6.69. The summed E-state index contributed by atoms with van der Waals surface area (Å²) in [5, 5.41) is 8.63. The Balaban J connectivity index is 2.23. The Labute approximate surface area is 54.6 Å². The van der Waals surface area contributed by atoms with Crippen LogP contribution in [0.3, 0.4) is 0 Å². The maximum Gasteiger partial charge on any atom is 0.155 e. The van der Waals surface area contributed by atoms with Crippen LogP contribution in [0.4, 0.5) is 0 Å². The van der Waals surface area contributed by atoms with E-state index in [9.17, 15) is 0 Å². The van der Waals surface area contributed by atoms with Gasteiger partial charge in [-0.3, -0.25) is 0 Å². The quantitative estimate of drug-likeness (QED) is 0.551. The summed E-state index contributed by atoms with van der Waals surface area (Å²) in [5.74, 6) is 0. The predicted octanol–water partition coefficient (Wildman–Crippen LogP) is 0.130. The largest absolute Gasteiger partial charge is 0.394 e. The zero-order valence-electron chi connectivity index (χ0n) is 5.54. The van der Waals surface area contributed by atoms with E-state index in [4.69, 9.17) is 14.6 Å². The lowest BCUT2D eigenvalue weighted by Crippen LogP contribution is -2.32. The van der Waals surface area contributed by atoms with Crippen LogP contribution in [-0.2, 0) is 9.47 Å². The second-order valence-corrected chi connectivity index (χ2v) is 2.17. The van der Waals surface area contributed by atoms with Crippen molar-refractivity contribution in [2.45, 2.75) is 25.7 Å². The Bertz CT molecular complexity index is 84.4. The minimum atomic E-state index is -0.143. The molecule has 54 valence electrons. The summed E-state index contributed by atoms with van der Waals surface area (Å²) in [7, 11) is 0. The molecule has 0 amide bonds. The molecule has 1 aliphatic rings. The number of rotatable bonds is 1. The van der Waals surface area contributed by atoms with Crippen LogP contribution in [0.1, 0.15) is 13.3 Å². The smallest absolute Gasteiger partial charge is 0.155 e. The molecule has 0 aromatic rings. The average Bonchev–Trinajstić information content (AvgIpc) is 1.88. The number of ether oxygens (including phenoxy) is 2. The summed E-state index contributed by atoms with van der Waals surface area (Å²) < 4.78 is 10.2. The summed E-state index contributed by atoms with van der Waals surface area (Å²) in [4.78, 5) is 0. The zero-order valence-corrected chi connectivity index (χ0v) is 5.54. The summed E-state index contributed by atoms with van der Waals surface area (Å²) in [6.45, 7) is 2.64. The molecule has 9 heavy (non-hydrogen) atoms. The molecule has 1 aliphatic heterocycles. The predicted molar refractivity (Wildman–Crippen MR) is 32.0 cm³/mol. The third-order valence-corrected chi connectivity index (χ3v) is 1.38. The maximum absolute atomic E-state index is 8.63. The van der Waals surface area contributed by atoms with Crippen molar-refractivity contribution in [2.75, 3.05) is 13.2 Å². The molecule has 1 saturated heterocycles. The van der Waals surface area contributed by atoms with Crippen molar-refractivity contribution in [3.8, 4) is 0 Å². The fourth-order valence-corrected chi connectivity index (χ4v) is 0.878. The highest BCUT2D eigenvalue weighted by atomic mass is 16.7. The van der Waals surface area contributed by atoms with E-state index in [2.05, 4.69) is 0 Å². The Morgan fingerprint density at radius 3 is 2.89 bits per heavy atom. The van der Waals surface area contributed by atoms with Crippen molar-refractivity contribution in [1.82, 2.24) is 0 Å². The molecular formula is C6H12O3. The van der Waals surface area contributed by atoms with Gasteiger partial charge in [0.2, 0.25) is 0 Å². The van der Waals surface area contributed by atoms with E-state index in [-0.39, 0.29) is 19.0 Å². The van der Waals surface area contributed by atoms with E-state index in [1.807, 2.05) is 6.92 Å². The van der Waals surface area contributed by atoms with Gasteiger partial charge in [0.1, 0.15) is 0 Å². The Morgan fingerprint density at radius 2 is 2.44 bits per heavy atom. The molecule has 1 heterocycles. The first-order valence-corrected chi connectivity index (χ1v) is 3.21. The standard InChI is InChI=1S/C6H12O3/c1-5-8-3-2-6(4-7)9-5/h5-7H,2-4H2,1H3/t5?,6-/m0/s1. The molecule has 1 unspecified atom stereocenters. The SMILES string of the molecule is CC1OCC[C@@H](CO)O1.